The second kappa shape index (κ2) is 4.17. The Bertz CT molecular complexity index is 462. The lowest BCUT2D eigenvalue weighted by atomic mass is 10.1. The number of aromatic carboxylic acids is 1. The van der Waals surface area contributed by atoms with E-state index in [-0.39, 0.29) is 0 Å². The Hall–Kier alpha value is -2.12. The highest BCUT2D eigenvalue weighted by atomic mass is 19.3. The maximum atomic E-state index is 12.6. The summed E-state index contributed by atoms with van der Waals surface area (Å²) in [4.78, 5) is 23.3. The lowest BCUT2D eigenvalue weighted by Crippen LogP contribution is -2.09. The first kappa shape index (κ1) is 12.0. The normalized spacial score (nSPS) is 10.5. The number of carbonyl (C=O) groups is 1. The minimum Gasteiger partial charge on any atom is -0.477 e. The molecule has 0 aliphatic carbocycles. The van der Waals surface area contributed by atoms with Crippen molar-refractivity contribution >= 4 is 11.7 Å². The Morgan fingerprint density at radius 1 is 1.62 bits per heavy atom. The highest BCUT2D eigenvalue weighted by Gasteiger charge is 2.28. The fourth-order valence-corrected chi connectivity index (χ4v) is 1.25. The number of nitro groups is 1. The number of halogens is 2. The Morgan fingerprint density at radius 3 is 2.56 bits per heavy atom. The Balaban J connectivity index is 3.54. The highest BCUT2D eigenvalue weighted by molar-refractivity contribution is 5.87. The summed E-state index contributed by atoms with van der Waals surface area (Å²) in [5.41, 5.74) is -2.78. The largest absolute Gasteiger partial charge is 0.477 e. The van der Waals surface area contributed by atoms with Gasteiger partial charge in [-0.25, -0.2) is 18.6 Å². The van der Waals surface area contributed by atoms with Gasteiger partial charge in [0.2, 0.25) is 0 Å². The van der Waals surface area contributed by atoms with Crippen molar-refractivity contribution in [3.05, 3.63) is 33.1 Å². The molecule has 0 saturated carbocycles. The molecule has 1 rings (SSSR count). The monoisotopic (exact) mass is 232 g/mol. The molecule has 1 aromatic rings. The summed E-state index contributed by atoms with van der Waals surface area (Å²) < 4.78 is 25.1. The van der Waals surface area contributed by atoms with E-state index in [1.54, 1.807) is 0 Å². The molecule has 1 aromatic heterocycles. The van der Waals surface area contributed by atoms with Crippen molar-refractivity contribution in [2.75, 3.05) is 0 Å². The minimum atomic E-state index is -3.12. The molecule has 0 amide bonds. The van der Waals surface area contributed by atoms with Crippen LogP contribution in [0.5, 0.6) is 0 Å². The van der Waals surface area contributed by atoms with E-state index in [4.69, 9.17) is 5.11 Å². The first-order valence-electron chi connectivity index (χ1n) is 4.01. The molecule has 0 bridgehead atoms. The zero-order valence-corrected chi connectivity index (χ0v) is 7.98. The van der Waals surface area contributed by atoms with E-state index in [0.29, 0.717) is 6.20 Å². The van der Waals surface area contributed by atoms with Gasteiger partial charge in [-0.2, -0.15) is 0 Å². The van der Waals surface area contributed by atoms with Gasteiger partial charge in [-0.05, 0) is 12.5 Å². The maximum Gasteiger partial charge on any atom is 0.354 e. The van der Waals surface area contributed by atoms with Crippen molar-refractivity contribution in [1.29, 1.82) is 0 Å². The Labute approximate surface area is 87.7 Å². The van der Waals surface area contributed by atoms with Gasteiger partial charge < -0.3 is 5.11 Å². The molecular weight excluding hydrogens is 226 g/mol. The summed E-state index contributed by atoms with van der Waals surface area (Å²) >= 11 is 0. The molecule has 0 saturated heterocycles. The van der Waals surface area contributed by atoms with Gasteiger partial charge in [0, 0.05) is 0 Å². The zero-order valence-electron chi connectivity index (χ0n) is 7.98. The number of alkyl halides is 2. The number of pyridine rings is 1. The molecule has 6 nitrogen and oxygen atoms in total. The highest BCUT2D eigenvalue weighted by Crippen LogP contribution is 2.32. The van der Waals surface area contributed by atoms with Crippen LogP contribution in [0.25, 0.3) is 0 Å². The van der Waals surface area contributed by atoms with Crippen LogP contribution in [0.1, 0.15) is 28.0 Å². The number of hydrogen-bond acceptors (Lipinski definition) is 4. The summed E-state index contributed by atoms with van der Waals surface area (Å²) in [5.74, 6) is -1.51. The second-order valence-electron chi connectivity index (χ2n) is 2.89. The molecule has 0 aliphatic heterocycles. The van der Waals surface area contributed by atoms with Gasteiger partial charge in [-0.15, -0.1) is 0 Å². The van der Waals surface area contributed by atoms with E-state index >= 15 is 0 Å². The van der Waals surface area contributed by atoms with E-state index in [9.17, 15) is 23.7 Å². The van der Waals surface area contributed by atoms with Gasteiger partial charge in [0.05, 0.1) is 4.92 Å². The van der Waals surface area contributed by atoms with E-state index < -0.39 is 39.8 Å². The number of aromatic nitrogens is 1. The second-order valence-corrected chi connectivity index (χ2v) is 2.89. The van der Waals surface area contributed by atoms with Gasteiger partial charge in [0.1, 0.15) is 11.8 Å². The summed E-state index contributed by atoms with van der Waals surface area (Å²) in [6, 6.07) is 0. The van der Waals surface area contributed by atoms with Gasteiger partial charge in [-0.1, -0.05) is 0 Å². The smallest absolute Gasteiger partial charge is 0.354 e. The third-order valence-corrected chi connectivity index (χ3v) is 1.97. The lowest BCUT2D eigenvalue weighted by Gasteiger charge is -2.07. The molecule has 0 unspecified atom stereocenters. The fourth-order valence-electron chi connectivity index (χ4n) is 1.25. The molecule has 1 N–H and O–H groups in total. The molecule has 8 heteroatoms. The first-order chi connectivity index (χ1) is 7.36. The Kier molecular flexibility index (Phi) is 3.11. The van der Waals surface area contributed by atoms with E-state index in [0.717, 1.165) is 6.92 Å². The van der Waals surface area contributed by atoms with Crippen molar-refractivity contribution in [3.8, 4) is 0 Å². The molecule has 16 heavy (non-hydrogen) atoms. The summed E-state index contributed by atoms with van der Waals surface area (Å²) in [6.45, 7) is 1.06. The third kappa shape index (κ3) is 1.95. The number of carboxylic acids is 1. The molecule has 86 valence electrons. The average molecular weight is 232 g/mol. The molecule has 0 spiro atoms. The predicted octanol–water partition coefficient (Wildman–Crippen LogP) is 1.93. The van der Waals surface area contributed by atoms with E-state index in [1.807, 2.05) is 0 Å². The topological polar surface area (TPSA) is 93.3 Å². The number of nitrogens with zero attached hydrogens (tertiary/aromatic N) is 2. The number of rotatable bonds is 3. The maximum absolute atomic E-state index is 12.6. The van der Waals surface area contributed by atoms with Crippen LogP contribution in [0, 0.1) is 17.0 Å². The van der Waals surface area contributed by atoms with Crippen LogP contribution in [-0.2, 0) is 0 Å². The molecule has 1 heterocycles. The summed E-state index contributed by atoms with van der Waals surface area (Å²) in [6.07, 6.45) is -2.60. The summed E-state index contributed by atoms with van der Waals surface area (Å²) in [7, 11) is 0. The molecule has 0 fully saturated rings. The number of hydrogen-bond donors (Lipinski definition) is 1. The van der Waals surface area contributed by atoms with Crippen molar-refractivity contribution in [3.63, 3.8) is 0 Å². The van der Waals surface area contributed by atoms with Crippen LogP contribution >= 0.6 is 0 Å². The standard InChI is InChI=1S/C8H6F2N2O4/c1-3-5(7(9)10)4(12(15)16)2-11-6(3)8(13)14/h2,7H,1H3,(H,13,14). The van der Waals surface area contributed by atoms with Gasteiger partial charge in [0.25, 0.3) is 12.1 Å². The zero-order chi connectivity index (χ0) is 12.5. The van der Waals surface area contributed by atoms with Crippen molar-refractivity contribution in [2.45, 2.75) is 13.3 Å². The molecule has 0 atom stereocenters. The van der Waals surface area contributed by atoms with Crippen molar-refractivity contribution < 1.29 is 23.6 Å². The van der Waals surface area contributed by atoms with Crippen LogP contribution in [0.3, 0.4) is 0 Å². The lowest BCUT2D eigenvalue weighted by molar-refractivity contribution is -0.386. The van der Waals surface area contributed by atoms with Crippen LogP contribution in [0.4, 0.5) is 14.5 Å². The fraction of sp³-hybridized carbons (Fsp3) is 0.250. The van der Waals surface area contributed by atoms with Crippen LogP contribution < -0.4 is 0 Å². The van der Waals surface area contributed by atoms with Gasteiger partial charge in [0.15, 0.2) is 5.69 Å². The molecule has 0 aliphatic rings. The average Bonchev–Trinajstić information content (AvgIpc) is 2.15. The van der Waals surface area contributed by atoms with E-state index in [1.165, 1.54) is 0 Å². The van der Waals surface area contributed by atoms with Crippen LogP contribution in [-0.4, -0.2) is 21.0 Å². The SMILES string of the molecule is Cc1c(C(=O)O)ncc([N+](=O)[O-])c1C(F)F. The van der Waals surface area contributed by atoms with Crippen molar-refractivity contribution in [2.24, 2.45) is 0 Å². The van der Waals surface area contributed by atoms with E-state index in [2.05, 4.69) is 4.98 Å². The van der Waals surface area contributed by atoms with Gasteiger partial charge in [-0.3, -0.25) is 10.1 Å². The molecular formula is C8H6F2N2O4. The first-order valence-corrected chi connectivity index (χ1v) is 4.01. The number of carboxylic acid groups (broad SMARTS) is 1. The van der Waals surface area contributed by atoms with Crippen molar-refractivity contribution in [1.82, 2.24) is 4.98 Å². The summed E-state index contributed by atoms with van der Waals surface area (Å²) in [5, 5.41) is 19.1. The van der Waals surface area contributed by atoms with Crippen LogP contribution in [0.15, 0.2) is 6.20 Å². The Morgan fingerprint density at radius 2 is 2.19 bits per heavy atom. The minimum absolute atomic E-state index is 0.392. The molecule has 0 aromatic carbocycles. The molecule has 0 radical (unpaired) electrons. The van der Waals surface area contributed by atoms with Crippen LogP contribution in [0.2, 0.25) is 0 Å². The predicted molar refractivity (Wildman–Crippen MR) is 47.5 cm³/mol. The third-order valence-electron chi connectivity index (χ3n) is 1.97. The quantitative estimate of drug-likeness (QED) is 0.634. The van der Waals surface area contributed by atoms with Gasteiger partial charge >= 0.3 is 5.97 Å².